The summed E-state index contributed by atoms with van der Waals surface area (Å²) in [4.78, 5) is 11.4. The van der Waals surface area contributed by atoms with Gasteiger partial charge in [-0.25, -0.2) is 5.43 Å². The Morgan fingerprint density at radius 1 is 1.53 bits per heavy atom. The summed E-state index contributed by atoms with van der Waals surface area (Å²) in [6.45, 7) is 1.95. The minimum atomic E-state index is -0.312. The van der Waals surface area contributed by atoms with Crippen LogP contribution in [0.4, 0.5) is 0 Å². The highest BCUT2D eigenvalue weighted by atomic mass is 16.5. The molecule has 0 saturated heterocycles. The molecule has 1 atom stereocenters. The SMILES string of the molecule is CNNC(=O)CC(N)c1ccc(OC)c(C)c1. The number of carbonyl (C=O) groups is 1. The smallest absolute Gasteiger partial charge is 0.235 e. The van der Waals surface area contributed by atoms with Crippen molar-refractivity contribution in [2.45, 2.75) is 19.4 Å². The first-order valence-corrected chi connectivity index (χ1v) is 5.44. The van der Waals surface area contributed by atoms with Gasteiger partial charge in [0.1, 0.15) is 5.75 Å². The zero-order valence-electron chi connectivity index (χ0n) is 10.4. The molecular weight excluding hydrogens is 218 g/mol. The van der Waals surface area contributed by atoms with Crippen LogP contribution in [0.3, 0.4) is 0 Å². The fourth-order valence-electron chi connectivity index (χ4n) is 1.64. The first kappa shape index (κ1) is 13.5. The van der Waals surface area contributed by atoms with Crippen LogP contribution in [0, 0.1) is 6.92 Å². The molecule has 0 aliphatic heterocycles. The number of rotatable bonds is 5. The van der Waals surface area contributed by atoms with Crippen LogP contribution in [-0.2, 0) is 4.79 Å². The lowest BCUT2D eigenvalue weighted by Gasteiger charge is -2.14. The average molecular weight is 237 g/mol. The van der Waals surface area contributed by atoms with E-state index in [1.807, 2.05) is 25.1 Å². The summed E-state index contributed by atoms with van der Waals surface area (Å²) in [5.41, 5.74) is 13.0. The van der Waals surface area contributed by atoms with Gasteiger partial charge < -0.3 is 10.5 Å². The van der Waals surface area contributed by atoms with Gasteiger partial charge >= 0.3 is 0 Å². The highest BCUT2D eigenvalue weighted by molar-refractivity contribution is 5.76. The van der Waals surface area contributed by atoms with Gasteiger partial charge in [0.05, 0.1) is 7.11 Å². The van der Waals surface area contributed by atoms with Crippen molar-refractivity contribution in [3.8, 4) is 5.75 Å². The average Bonchev–Trinajstić information content (AvgIpc) is 2.29. The first-order valence-electron chi connectivity index (χ1n) is 5.44. The third-order valence-electron chi connectivity index (χ3n) is 2.52. The number of hydrazine groups is 1. The van der Waals surface area contributed by atoms with Crippen LogP contribution >= 0.6 is 0 Å². The third-order valence-corrected chi connectivity index (χ3v) is 2.52. The van der Waals surface area contributed by atoms with Crippen molar-refractivity contribution >= 4 is 5.91 Å². The monoisotopic (exact) mass is 237 g/mol. The Balaban J connectivity index is 2.72. The summed E-state index contributed by atoms with van der Waals surface area (Å²) in [5.74, 6) is 0.689. The molecular formula is C12H19N3O2. The molecule has 94 valence electrons. The lowest BCUT2D eigenvalue weighted by Crippen LogP contribution is -2.36. The molecule has 0 spiro atoms. The fraction of sp³-hybridized carbons (Fsp3) is 0.417. The maximum atomic E-state index is 11.4. The molecule has 1 aromatic carbocycles. The quantitative estimate of drug-likeness (QED) is 0.657. The number of hydrogen-bond acceptors (Lipinski definition) is 4. The van der Waals surface area contributed by atoms with Crippen molar-refractivity contribution in [3.05, 3.63) is 29.3 Å². The number of benzene rings is 1. The molecule has 5 nitrogen and oxygen atoms in total. The van der Waals surface area contributed by atoms with E-state index in [0.29, 0.717) is 0 Å². The largest absolute Gasteiger partial charge is 0.496 e. The fourth-order valence-corrected chi connectivity index (χ4v) is 1.64. The van der Waals surface area contributed by atoms with Gasteiger partial charge in [-0.15, -0.1) is 0 Å². The van der Waals surface area contributed by atoms with Crippen LogP contribution in [-0.4, -0.2) is 20.1 Å². The van der Waals surface area contributed by atoms with Crippen molar-refractivity contribution in [3.63, 3.8) is 0 Å². The topological polar surface area (TPSA) is 76.4 Å². The van der Waals surface area contributed by atoms with Gasteiger partial charge in [0.2, 0.25) is 5.91 Å². The molecule has 1 amide bonds. The normalized spacial score (nSPS) is 12.0. The molecule has 17 heavy (non-hydrogen) atoms. The van der Waals surface area contributed by atoms with Gasteiger partial charge in [-0.1, -0.05) is 12.1 Å². The second-order valence-corrected chi connectivity index (χ2v) is 3.84. The maximum Gasteiger partial charge on any atom is 0.235 e. The standard InChI is InChI=1S/C12H19N3O2/c1-8-6-9(4-5-11(8)17-3)10(13)7-12(16)15-14-2/h4-6,10,14H,7,13H2,1-3H3,(H,15,16). The molecule has 5 heteroatoms. The van der Waals surface area contributed by atoms with Gasteiger partial charge in [-0.3, -0.25) is 10.2 Å². The Hall–Kier alpha value is -1.59. The van der Waals surface area contributed by atoms with Gasteiger partial charge in [0.25, 0.3) is 0 Å². The summed E-state index contributed by atoms with van der Waals surface area (Å²) >= 11 is 0. The molecule has 1 aromatic rings. The maximum absolute atomic E-state index is 11.4. The minimum absolute atomic E-state index is 0.131. The highest BCUT2D eigenvalue weighted by Crippen LogP contribution is 2.22. The second-order valence-electron chi connectivity index (χ2n) is 3.84. The van der Waals surface area contributed by atoms with Gasteiger partial charge in [-0.2, -0.15) is 0 Å². The van der Waals surface area contributed by atoms with Crippen LogP contribution in [0.2, 0.25) is 0 Å². The van der Waals surface area contributed by atoms with Crippen molar-refractivity contribution in [1.82, 2.24) is 10.9 Å². The van der Waals surface area contributed by atoms with E-state index in [0.717, 1.165) is 16.9 Å². The Kier molecular flexibility index (Phi) is 4.93. The van der Waals surface area contributed by atoms with E-state index in [1.54, 1.807) is 14.2 Å². The Bertz CT molecular complexity index is 393. The highest BCUT2D eigenvalue weighted by Gasteiger charge is 2.12. The number of hydrogen-bond donors (Lipinski definition) is 3. The molecule has 0 fully saturated rings. The molecule has 1 unspecified atom stereocenters. The number of nitrogens with two attached hydrogens (primary N) is 1. The summed E-state index contributed by atoms with van der Waals surface area (Å²) in [5, 5.41) is 0. The van der Waals surface area contributed by atoms with Crippen LogP contribution in [0.25, 0.3) is 0 Å². The van der Waals surface area contributed by atoms with E-state index in [1.165, 1.54) is 0 Å². The molecule has 4 N–H and O–H groups in total. The Morgan fingerprint density at radius 3 is 2.76 bits per heavy atom. The second kappa shape index (κ2) is 6.22. The number of nitrogens with one attached hydrogen (secondary N) is 2. The van der Waals surface area contributed by atoms with Crippen molar-refractivity contribution in [2.24, 2.45) is 5.73 Å². The van der Waals surface area contributed by atoms with E-state index in [2.05, 4.69) is 10.9 Å². The summed E-state index contributed by atoms with van der Waals surface area (Å²) < 4.78 is 5.17. The van der Waals surface area contributed by atoms with E-state index in [-0.39, 0.29) is 18.4 Å². The van der Waals surface area contributed by atoms with Crippen molar-refractivity contribution in [2.75, 3.05) is 14.2 Å². The first-order chi connectivity index (χ1) is 8.08. The van der Waals surface area contributed by atoms with Crippen molar-refractivity contribution < 1.29 is 9.53 Å². The Labute approximate surface area is 101 Å². The predicted octanol–water partition coefficient (Wildman–Crippen LogP) is 0.644. The van der Waals surface area contributed by atoms with E-state index in [4.69, 9.17) is 10.5 Å². The molecule has 0 radical (unpaired) electrons. The zero-order chi connectivity index (χ0) is 12.8. The van der Waals surface area contributed by atoms with Gasteiger partial charge in [0, 0.05) is 19.5 Å². The number of carbonyl (C=O) groups excluding carboxylic acids is 1. The number of aryl methyl sites for hydroxylation is 1. The summed E-state index contributed by atoms with van der Waals surface area (Å²) in [6.07, 6.45) is 0.243. The predicted molar refractivity (Wildman–Crippen MR) is 66.5 cm³/mol. The van der Waals surface area contributed by atoms with Crippen LogP contribution < -0.4 is 21.3 Å². The molecule has 0 aromatic heterocycles. The number of ether oxygens (including phenoxy) is 1. The van der Waals surface area contributed by atoms with Gasteiger partial charge in [-0.05, 0) is 24.1 Å². The third kappa shape index (κ3) is 3.72. The van der Waals surface area contributed by atoms with E-state index >= 15 is 0 Å². The number of amides is 1. The van der Waals surface area contributed by atoms with Crippen LogP contribution in [0.1, 0.15) is 23.6 Å². The van der Waals surface area contributed by atoms with Gasteiger partial charge in [0.15, 0.2) is 0 Å². The van der Waals surface area contributed by atoms with Crippen molar-refractivity contribution in [1.29, 1.82) is 0 Å². The van der Waals surface area contributed by atoms with E-state index in [9.17, 15) is 4.79 Å². The minimum Gasteiger partial charge on any atom is -0.496 e. The molecule has 0 aliphatic rings. The lowest BCUT2D eigenvalue weighted by atomic mass is 10.0. The van der Waals surface area contributed by atoms with Crippen LogP contribution in [0.5, 0.6) is 5.75 Å². The number of methoxy groups -OCH3 is 1. The molecule has 0 aliphatic carbocycles. The van der Waals surface area contributed by atoms with E-state index < -0.39 is 0 Å². The molecule has 0 heterocycles. The summed E-state index contributed by atoms with van der Waals surface area (Å²) in [7, 11) is 3.27. The lowest BCUT2D eigenvalue weighted by molar-refractivity contribution is -0.122. The molecule has 0 saturated carbocycles. The summed E-state index contributed by atoms with van der Waals surface area (Å²) in [6, 6.07) is 5.37. The molecule has 0 bridgehead atoms. The molecule has 1 rings (SSSR count). The van der Waals surface area contributed by atoms with Crippen LogP contribution in [0.15, 0.2) is 18.2 Å². The zero-order valence-corrected chi connectivity index (χ0v) is 10.4. The Morgan fingerprint density at radius 2 is 2.24 bits per heavy atom.